The molecule has 1 aliphatic rings. The first-order chi connectivity index (χ1) is 12.5. The monoisotopic (exact) mass is 368 g/mol. The van der Waals surface area contributed by atoms with Crippen molar-refractivity contribution in [2.75, 3.05) is 11.4 Å². The standard InChI is InChI=1S/C19H17ClN4O2/c1-13-5-7-16(8-6-13)22-9-10-23-17(25)18(26)24(21-19(22)23)12-14-3-2-4-15(20)11-14/h2-8,11H,9-10,12H2,1H3. The van der Waals surface area contributed by atoms with Crippen LogP contribution in [0.1, 0.15) is 11.1 Å². The molecule has 1 aromatic heterocycles. The zero-order chi connectivity index (χ0) is 18.3. The van der Waals surface area contributed by atoms with Gasteiger partial charge in [-0.1, -0.05) is 41.4 Å². The molecule has 2 aromatic carbocycles. The molecule has 7 heteroatoms. The van der Waals surface area contributed by atoms with Crippen LogP contribution in [0.25, 0.3) is 0 Å². The molecule has 132 valence electrons. The topological polar surface area (TPSA) is 60.1 Å². The van der Waals surface area contributed by atoms with E-state index in [1.165, 1.54) is 9.25 Å². The Morgan fingerprint density at radius 1 is 1.04 bits per heavy atom. The van der Waals surface area contributed by atoms with Gasteiger partial charge in [0, 0.05) is 23.8 Å². The van der Waals surface area contributed by atoms with Crippen LogP contribution in [-0.2, 0) is 13.1 Å². The Morgan fingerprint density at radius 3 is 2.54 bits per heavy atom. The third-order valence-electron chi connectivity index (χ3n) is 4.47. The van der Waals surface area contributed by atoms with E-state index in [4.69, 9.17) is 11.6 Å². The molecule has 0 atom stereocenters. The first-order valence-electron chi connectivity index (χ1n) is 8.33. The van der Waals surface area contributed by atoms with Crippen LogP contribution in [0.2, 0.25) is 5.02 Å². The van der Waals surface area contributed by atoms with Crippen LogP contribution in [0.3, 0.4) is 0 Å². The molecular weight excluding hydrogens is 352 g/mol. The zero-order valence-electron chi connectivity index (χ0n) is 14.2. The van der Waals surface area contributed by atoms with Crippen molar-refractivity contribution in [2.45, 2.75) is 20.0 Å². The van der Waals surface area contributed by atoms with Gasteiger partial charge in [-0.05, 0) is 36.8 Å². The van der Waals surface area contributed by atoms with Crippen LogP contribution in [0, 0.1) is 6.92 Å². The quantitative estimate of drug-likeness (QED) is 0.667. The van der Waals surface area contributed by atoms with E-state index in [1.54, 1.807) is 12.1 Å². The lowest BCUT2D eigenvalue weighted by Crippen LogP contribution is -2.42. The Balaban J connectivity index is 1.78. The van der Waals surface area contributed by atoms with Crippen molar-refractivity contribution in [1.29, 1.82) is 0 Å². The van der Waals surface area contributed by atoms with E-state index in [-0.39, 0.29) is 6.54 Å². The molecular formula is C19H17ClN4O2. The predicted molar refractivity (Wildman–Crippen MR) is 101 cm³/mol. The van der Waals surface area contributed by atoms with Gasteiger partial charge in [0.2, 0.25) is 5.95 Å². The number of halogens is 1. The number of fused-ring (bicyclic) bond motifs is 1. The van der Waals surface area contributed by atoms with Crippen LogP contribution in [0.4, 0.5) is 11.6 Å². The van der Waals surface area contributed by atoms with Crippen molar-refractivity contribution < 1.29 is 0 Å². The molecule has 1 aliphatic heterocycles. The summed E-state index contributed by atoms with van der Waals surface area (Å²) in [7, 11) is 0. The molecule has 26 heavy (non-hydrogen) atoms. The molecule has 0 aliphatic carbocycles. The average molecular weight is 369 g/mol. The summed E-state index contributed by atoms with van der Waals surface area (Å²) < 4.78 is 2.66. The largest absolute Gasteiger partial charge is 0.333 e. The summed E-state index contributed by atoms with van der Waals surface area (Å²) in [6.45, 7) is 3.27. The van der Waals surface area contributed by atoms with Gasteiger partial charge in [0.25, 0.3) is 0 Å². The van der Waals surface area contributed by atoms with Gasteiger partial charge >= 0.3 is 11.1 Å². The Hall–Kier alpha value is -2.86. The highest BCUT2D eigenvalue weighted by molar-refractivity contribution is 6.30. The molecule has 6 nitrogen and oxygen atoms in total. The third kappa shape index (κ3) is 2.93. The average Bonchev–Trinajstić information content (AvgIpc) is 3.04. The highest BCUT2D eigenvalue weighted by Gasteiger charge is 2.25. The molecule has 3 aromatic rings. The van der Waals surface area contributed by atoms with Gasteiger partial charge in [-0.15, -0.1) is 5.10 Å². The lowest BCUT2D eigenvalue weighted by molar-refractivity contribution is 0.591. The fourth-order valence-corrected chi connectivity index (χ4v) is 3.32. The van der Waals surface area contributed by atoms with Gasteiger partial charge in [-0.25, -0.2) is 4.68 Å². The van der Waals surface area contributed by atoms with Gasteiger partial charge < -0.3 is 4.90 Å². The molecule has 0 saturated carbocycles. The van der Waals surface area contributed by atoms with Crippen molar-refractivity contribution in [3.63, 3.8) is 0 Å². The van der Waals surface area contributed by atoms with Crippen LogP contribution in [0.5, 0.6) is 0 Å². The van der Waals surface area contributed by atoms with E-state index < -0.39 is 11.1 Å². The second-order valence-corrected chi connectivity index (χ2v) is 6.77. The summed E-state index contributed by atoms with van der Waals surface area (Å²) in [4.78, 5) is 26.9. The molecule has 2 heterocycles. The minimum Gasteiger partial charge on any atom is -0.309 e. The van der Waals surface area contributed by atoms with Crippen LogP contribution >= 0.6 is 11.6 Å². The van der Waals surface area contributed by atoms with E-state index in [0.717, 1.165) is 16.8 Å². The second kappa shape index (κ2) is 6.46. The van der Waals surface area contributed by atoms with Crippen molar-refractivity contribution in [3.8, 4) is 0 Å². The van der Waals surface area contributed by atoms with E-state index in [9.17, 15) is 9.59 Å². The number of aromatic nitrogens is 3. The first kappa shape index (κ1) is 16.6. The van der Waals surface area contributed by atoms with Crippen LogP contribution in [-0.4, -0.2) is 20.9 Å². The highest BCUT2D eigenvalue weighted by atomic mass is 35.5. The maximum atomic E-state index is 12.5. The molecule has 4 rings (SSSR count). The van der Waals surface area contributed by atoms with E-state index in [0.29, 0.717) is 24.1 Å². The van der Waals surface area contributed by atoms with Crippen LogP contribution < -0.4 is 16.0 Å². The maximum absolute atomic E-state index is 12.5. The summed E-state index contributed by atoms with van der Waals surface area (Å²) in [6, 6.07) is 15.2. The normalized spacial score (nSPS) is 13.1. The molecule has 0 N–H and O–H groups in total. The van der Waals surface area contributed by atoms with Crippen molar-refractivity contribution in [2.24, 2.45) is 0 Å². The van der Waals surface area contributed by atoms with E-state index >= 15 is 0 Å². The zero-order valence-corrected chi connectivity index (χ0v) is 15.0. The number of nitrogens with zero attached hydrogens (tertiary/aromatic N) is 4. The molecule has 0 spiro atoms. The number of rotatable bonds is 3. The summed E-state index contributed by atoms with van der Waals surface area (Å²) in [6.07, 6.45) is 0. The SMILES string of the molecule is Cc1ccc(N2CCn3c2nn(Cc2cccc(Cl)c2)c(=O)c3=O)cc1. The van der Waals surface area contributed by atoms with Crippen LogP contribution in [0.15, 0.2) is 58.1 Å². The van der Waals surface area contributed by atoms with Crippen molar-refractivity contribution >= 4 is 23.2 Å². The molecule has 0 radical (unpaired) electrons. The third-order valence-corrected chi connectivity index (χ3v) is 4.70. The molecule has 0 bridgehead atoms. The summed E-state index contributed by atoms with van der Waals surface area (Å²) in [5.74, 6) is 0.487. The Kier molecular flexibility index (Phi) is 4.12. The molecule has 0 amide bonds. The minimum absolute atomic E-state index is 0.199. The molecule has 0 saturated heterocycles. The number of hydrogen-bond donors (Lipinski definition) is 0. The fourth-order valence-electron chi connectivity index (χ4n) is 3.11. The highest BCUT2D eigenvalue weighted by Crippen LogP contribution is 2.26. The summed E-state index contributed by atoms with van der Waals surface area (Å²) >= 11 is 6.01. The van der Waals surface area contributed by atoms with Gasteiger partial charge in [-0.2, -0.15) is 0 Å². The van der Waals surface area contributed by atoms with E-state index in [1.807, 2.05) is 48.2 Å². The lowest BCUT2D eigenvalue weighted by Gasteiger charge is -2.18. The summed E-state index contributed by atoms with van der Waals surface area (Å²) in [5.41, 5.74) is 1.74. The smallest absolute Gasteiger partial charge is 0.309 e. The Labute approximate surface area is 154 Å². The second-order valence-electron chi connectivity index (χ2n) is 6.34. The fraction of sp³-hybridized carbons (Fsp3) is 0.211. The van der Waals surface area contributed by atoms with Gasteiger partial charge in [0.15, 0.2) is 0 Å². The Morgan fingerprint density at radius 2 is 1.81 bits per heavy atom. The minimum atomic E-state index is -0.625. The van der Waals surface area contributed by atoms with Crippen molar-refractivity contribution in [1.82, 2.24) is 14.3 Å². The Bertz CT molecular complexity index is 1090. The van der Waals surface area contributed by atoms with Crippen molar-refractivity contribution in [3.05, 3.63) is 85.4 Å². The maximum Gasteiger partial charge on any atom is 0.333 e. The molecule has 0 fully saturated rings. The van der Waals surface area contributed by atoms with E-state index in [2.05, 4.69) is 5.10 Å². The number of anilines is 2. The number of hydrogen-bond acceptors (Lipinski definition) is 4. The predicted octanol–water partition coefficient (Wildman–Crippen LogP) is 2.57. The summed E-state index contributed by atoms with van der Waals surface area (Å²) in [5, 5.41) is 5.05. The van der Waals surface area contributed by atoms with Gasteiger partial charge in [0.1, 0.15) is 0 Å². The van der Waals surface area contributed by atoms with Gasteiger partial charge in [0.05, 0.1) is 6.54 Å². The number of benzene rings is 2. The van der Waals surface area contributed by atoms with Gasteiger partial charge in [-0.3, -0.25) is 14.2 Å². The molecule has 0 unspecified atom stereocenters. The first-order valence-corrected chi connectivity index (χ1v) is 8.71. The lowest BCUT2D eigenvalue weighted by atomic mass is 10.2. The number of aryl methyl sites for hydroxylation is 1.